The molecule has 0 spiro atoms. The Kier molecular flexibility index (Phi) is 6.16. The van der Waals surface area contributed by atoms with Crippen molar-refractivity contribution >= 4 is 34.7 Å². The molecule has 11 nitrogen and oxygen atoms in total. The largest absolute Gasteiger partial charge is 0.457 e. The fraction of sp³-hybridized carbons (Fsp3) is 0.158. The van der Waals surface area contributed by atoms with E-state index in [1.54, 1.807) is 32.0 Å². The molecular formula is C19H16ClN5O6. The van der Waals surface area contributed by atoms with Crippen LogP contribution in [0.1, 0.15) is 11.3 Å². The molecule has 12 heteroatoms. The number of carbonyl (C=O) groups excluding carboxylic acids is 1. The van der Waals surface area contributed by atoms with Crippen molar-refractivity contribution in [3.8, 4) is 11.5 Å². The molecule has 1 amide bonds. The first kappa shape index (κ1) is 21.7. The van der Waals surface area contributed by atoms with Crippen molar-refractivity contribution in [1.82, 2.24) is 9.78 Å². The number of ether oxygens (including phenoxy) is 1. The summed E-state index contributed by atoms with van der Waals surface area (Å²) in [5.74, 6) is -0.435. The third-order valence-corrected chi connectivity index (χ3v) is 4.35. The van der Waals surface area contributed by atoms with E-state index in [1.165, 1.54) is 18.2 Å². The van der Waals surface area contributed by atoms with Gasteiger partial charge in [0, 0.05) is 17.2 Å². The Hall–Kier alpha value is -3.99. The fourth-order valence-electron chi connectivity index (χ4n) is 2.81. The van der Waals surface area contributed by atoms with E-state index in [-0.39, 0.29) is 22.9 Å². The van der Waals surface area contributed by atoms with Crippen LogP contribution >= 0.6 is 11.6 Å². The second kappa shape index (κ2) is 8.79. The maximum absolute atomic E-state index is 12.4. The lowest BCUT2D eigenvalue weighted by Crippen LogP contribution is -2.20. The summed E-state index contributed by atoms with van der Waals surface area (Å²) >= 11 is 5.93. The lowest BCUT2D eigenvalue weighted by molar-refractivity contribution is -0.392. The Morgan fingerprint density at radius 1 is 1.13 bits per heavy atom. The van der Waals surface area contributed by atoms with Crippen LogP contribution in [0.25, 0.3) is 0 Å². The molecule has 1 aromatic heterocycles. The zero-order chi connectivity index (χ0) is 22.7. The molecule has 0 unspecified atom stereocenters. The Morgan fingerprint density at radius 2 is 1.87 bits per heavy atom. The SMILES string of the molecule is Cc1cc([N+](=O)[O-])n(CC(=O)Nc2cc(Oc3ccc(Cl)cc3C)cc([N+](=O)[O-])c2)n1. The van der Waals surface area contributed by atoms with Gasteiger partial charge in [-0.2, -0.15) is 0 Å². The lowest BCUT2D eigenvalue weighted by Gasteiger charge is -2.11. The average molecular weight is 446 g/mol. The fourth-order valence-corrected chi connectivity index (χ4v) is 3.03. The van der Waals surface area contributed by atoms with E-state index in [0.29, 0.717) is 22.0 Å². The van der Waals surface area contributed by atoms with Gasteiger partial charge in [0.05, 0.1) is 28.4 Å². The molecular weight excluding hydrogens is 430 g/mol. The number of hydrogen-bond donors (Lipinski definition) is 1. The molecule has 2 aromatic carbocycles. The second-order valence-electron chi connectivity index (χ2n) is 6.59. The van der Waals surface area contributed by atoms with Crippen LogP contribution in [0.3, 0.4) is 0 Å². The van der Waals surface area contributed by atoms with Crippen molar-refractivity contribution in [2.45, 2.75) is 20.4 Å². The minimum atomic E-state index is -0.652. The highest BCUT2D eigenvalue weighted by atomic mass is 35.5. The molecule has 3 rings (SSSR count). The Labute approximate surface area is 180 Å². The summed E-state index contributed by atoms with van der Waals surface area (Å²) in [6, 6.07) is 9.92. The summed E-state index contributed by atoms with van der Waals surface area (Å²) < 4.78 is 6.67. The lowest BCUT2D eigenvalue weighted by atomic mass is 10.2. The quantitative estimate of drug-likeness (QED) is 0.419. The molecule has 0 radical (unpaired) electrons. The number of hydrogen-bond acceptors (Lipinski definition) is 7. The van der Waals surface area contributed by atoms with Crippen LogP contribution in [0.4, 0.5) is 17.2 Å². The molecule has 0 saturated heterocycles. The third-order valence-electron chi connectivity index (χ3n) is 4.11. The third kappa shape index (κ3) is 5.34. The van der Waals surface area contributed by atoms with Gasteiger partial charge in [-0.1, -0.05) is 16.7 Å². The number of nitro benzene ring substituents is 1. The highest BCUT2D eigenvalue weighted by molar-refractivity contribution is 6.30. The number of anilines is 1. The van der Waals surface area contributed by atoms with Gasteiger partial charge in [-0.05, 0) is 42.5 Å². The van der Waals surface area contributed by atoms with Gasteiger partial charge in [0.2, 0.25) is 0 Å². The normalized spacial score (nSPS) is 10.5. The van der Waals surface area contributed by atoms with Gasteiger partial charge < -0.3 is 20.2 Å². The van der Waals surface area contributed by atoms with Crippen molar-refractivity contribution in [2.75, 3.05) is 5.32 Å². The number of amides is 1. The Balaban J connectivity index is 1.84. The van der Waals surface area contributed by atoms with Crippen LogP contribution in [-0.4, -0.2) is 25.5 Å². The average Bonchev–Trinajstić information content (AvgIpc) is 3.04. The molecule has 0 aliphatic carbocycles. The highest BCUT2D eigenvalue weighted by Gasteiger charge is 2.20. The van der Waals surface area contributed by atoms with Crippen LogP contribution in [-0.2, 0) is 11.3 Å². The molecule has 0 saturated carbocycles. The van der Waals surface area contributed by atoms with Gasteiger partial charge in [-0.3, -0.25) is 14.9 Å². The number of aryl methyl sites for hydroxylation is 2. The van der Waals surface area contributed by atoms with Crippen LogP contribution in [0.5, 0.6) is 11.5 Å². The van der Waals surface area contributed by atoms with E-state index in [4.69, 9.17) is 16.3 Å². The number of rotatable bonds is 7. The highest BCUT2D eigenvalue weighted by Crippen LogP contribution is 2.32. The van der Waals surface area contributed by atoms with E-state index in [9.17, 15) is 25.0 Å². The number of halogens is 1. The van der Waals surface area contributed by atoms with E-state index in [1.807, 2.05) is 0 Å². The molecule has 1 N–H and O–H groups in total. The number of nitrogens with zero attached hydrogens (tertiary/aromatic N) is 4. The van der Waals surface area contributed by atoms with Gasteiger partial charge in [0.25, 0.3) is 11.6 Å². The van der Waals surface area contributed by atoms with E-state index in [2.05, 4.69) is 10.4 Å². The maximum atomic E-state index is 12.4. The maximum Gasteiger partial charge on any atom is 0.345 e. The number of nitrogens with one attached hydrogen (secondary N) is 1. The number of aromatic nitrogens is 2. The van der Waals surface area contributed by atoms with E-state index < -0.39 is 22.3 Å². The molecule has 0 bridgehead atoms. The van der Waals surface area contributed by atoms with Crippen LogP contribution in [0.2, 0.25) is 5.02 Å². The molecule has 31 heavy (non-hydrogen) atoms. The summed E-state index contributed by atoms with van der Waals surface area (Å²) in [5, 5.41) is 29.3. The summed E-state index contributed by atoms with van der Waals surface area (Å²) in [7, 11) is 0. The second-order valence-corrected chi connectivity index (χ2v) is 7.03. The molecule has 160 valence electrons. The summed E-state index contributed by atoms with van der Waals surface area (Å²) in [5.41, 5.74) is 0.877. The predicted octanol–water partition coefficient (Wildman–Crippen LogP) is 4.40. The van der Waals surface area contributed by atoms with Gasteiger partial charge in [-0.25, -0.2) is 0 Å². The number of carbonyl (C=O) groups is 1. The number of non-ortho nitro benzene ring substituents is 1. The first-order valence-corrected chi connectivity index (χ1v) is 9.22. The smallest absolute Gasteiger partial charge is 0.345 e. The first-order chi connectivity index (χ1) is 14.6. The molecule has 3 aromatic rings. The molecule has 0 fully saturated rings. The number of nitro groups is 2. The summed E-state index contributed by atoms with van der Waals surface area (Å²) in [4.78, 5) is 33.5. The summed E-state index contributed by atoms with van der Waals surface area (Å²) in [6.07, 6.45) is 0. The Bertz CT molecular complexity index is 1190. The monoisotopic (exact) mass is 445 g/mol. The molecule has 1 heterocycles. The van der Waals surface area contributed by atoms with Crippen molar-refractivity contribution in [2.24, 2.45) is 0 Å². The first-order valence-electron chi connectivity index (χ1n) is 8.84. The van der Waals surface area contributed by atoms with E-state index in [0.717, 1.165) is 10.7 Å². The van der Waals surface area contributed by atoms with Crippen LogP contribution < -0.4 is 10.1 Å². The van der Waals surface area contributed by atoms with Crippen molar-refractivity contribution < 1.29 is 19.4 Å². The van der Waals surface area contributed by atoms with Gasteiger partial charge >= 0.3 is 5.82 Å². The molecule has 0 aliphatic rings. The van der Waals surface area contributed by atoms with E-state index >= 15 is 0 Å². The minimum Gasteiger partial charge on any atom is -0.457 e. The van der Waals surface area contributed by atoms with Crippen LogP contribution in [0.15, 0.2) is 42.5 Å². The Morgan fingerprint density at radius 3 is 2.52 bits per heavy atom. The predicted molar refractivity (Wildman–Crippen MR) is 112 cm³/mol. The van der Waals surface area contributed by atoms with Crippen molar-refractivity contribution in [3.63, 3.8) is 0 Å². The van der Waals surface area contributed by atoms with Crippen molar-refractivity contribution in [3.05, 3.63) is 79.0 Å². The summed E-state index contributed by atoms with van der Waals surface area (Å²) in [6.45, 7) is 2.88. The van der Waals surface area contributed by atoms with Gasteiger partial charge in [0.15, 0.2) is 6.54 Å². The number of benzene rings is 2. The standard InChI is InChI=1S/C19H16ClN5O6/c1-11-5-13(20)3-4-17(11)31-16-8-14(7-15(9-16)24(27)28)21-18(26)10-23-19(25(29)30)6-12(2)22-23/h3-9H,10H2,1-2H3,(H,21,26). The van der Waals surface area contributed by atoms with Crippen LogP contribution in [0, 0.1) is 34.1 Å². The topological polar surface area (TPSA) is 142 Å². The zero-order valence-corrected chi connectivity index (χ0v) is 17.1. The minimum absolute atomic E-state index is 0.0901. The zero-order valence-electron chi connectivity index (χ0n) is 16.4. The molecule has 0 atom stereocenters. The van der Waals surface area contributed by atoms with Gasteiger partial charge in [-0.15, -0.1) is 4.68 Å². The molecule has 0 aliphatic heterocycles. The van der Waals surface area contributed by atoms with Gasteiger partial charge in [0.1, 0.15) is 11.5 Å². The van der Waals surface area contributed by atoms with Crippen molar-refractivity contribution in [1.29, 1.82) is 0 Å².